The highest BCUT2D eigenvalue weighted by molar-refractivity contribution is 5.69. The Hall–Kier alpha value is -3.68. The average molecular weight is 380 g/mol. The van der Waals surface area contributed by atoms with Crippen molar-refractivity contribution in [2.24, 2.45) is 10.4 Å². The van der Waals surface area contributed by atoms with Gasteiger partial charge in [-0.2, -0.15) is 0 Å². The average Bonchev–Trinajstić information content (AvgIpc) is 3.13. The van der Waals surface area contributed by atoms with Crippen LogP contribution in [0.1, 0.15) is 16.8 Å². The Labute approximate surface area is 162 Å². The van der Waals surface area contributed by atoms with Crippen LogP contribution in [0.2, 0.25) is 0 Å². The lowest BCUT2D eigenvalue weighted by Gasteiger charge is -2.08. The number of rotatable bonds is 8. The van der Waals surface area contributed by atoms with Crippen LogP contribution in [-0.2, 0) is 13.0 Å². The fraction of sp³-hybridized carbons (Fsp3) is 0.200. The first-order valence-electron chi connectivity index (χ1n) is 8.62. The summed E-state index contributed by atoms with van der Waals surface area (Å²) in [4.78, 5) is 0. The number of nitrogens with zero attached hydrogens (tertiary/aromatic N) is 4. The van der Waals surface area contributed by atoms with E-state index in [4.69, 9.17) is 14.0 Å². The van der Waals surface area contributed by atoms with E-state index in [9.17, 15) is 5.21 Å². The molecular formula is C20H20N4O4. The third kappa shape index (κ3) is 4.53. The van der Waals surface area contributed by atoms with Crippen LogP contribution in [0, 0.1) is 5.21 Å². The lowest BCUT2D eigenvalue weighted by molar-refractivity contribution is -0.763. The molecule has 0 atom stereocenters. The summed E-state index contributed by atoms with van der Waals surface area (Å²) in [5.74, 6) is 1.40. The van der Waals surface area contributed by atoms with Gasteiger partial charge >= 0.3 is 11.6 Å². The summed E-state index contributed by atoms with van der Waals surface area (Å²) < 4.78 is 17.4. The van der Waals surface area contributed by atoms with Crippen LogP contribution in [0.25, 0.3) is 12.2 Å². The molecular weight excluding hydrogens is 360 g/mol. The van der Waals surface area contributed by atoms with Crippen molar-refractivity contribution in [3.05, 3.63) is 70.6 Å². The third-order valence-corrected chi connectivity index (χ3v) is 4.15. The minimum Gasteiger partial charge on any atom is -0.775 e. The normalized spacial score (nSPS) is 11.4. The van der Waals surface area contributed by atoms with Gasteiger partial charge in [-0.05, 0) is 34.0 Å². The zero-order valence-electron chi connectivity index (χ0n) is 15.6. The standard InChI is InChI=1S/C20H20N4O4/c1-26-18-11-9-16(14-19(18)27-2)12-13-24-17(20(21-22-25)28-23-24)10-8-15-6-4-3-5-7-15/h3-11,14H,12-13H2,1-2H3/b10-8+. The Morgan fingerprint density at radius 3 is 2.57 bits per heavy atom. The van der Waals surface area contributed by atoms with Crippen LogP contribution in [0.15, 0.2) is 63.4 Å². The van der Waals surface area contributed by atoms with Gasteiger partial charge in [0.15, 0.2) is 18.0 Å². The predicted octanol–water partition coefficient (Wildman–Crippen LogP) is 3.97. The molecule has 1 aromatic heterocycles. The summed E-state index contributed by atoms with van der Waals surface area (Å²) >= 11 is 0. The van der Waals surface area contributed by atoms with E-state index in [1.54, 1.807) is 25.0 Å². The lowest BCUT2D eigenvalue weighted by Crippen LogP contribution is -2.39. The number of aryl methyl sites for hydroxylation is 2. The fourth-order valence-electron chi connectivity index (χ4n) is 2.72. The summed E-state index contributed by atoms with van der Waals surface area (Å²) in [5.41, 5.74) is 2.60. The van der Waals surface area contributed by atoms with Gasteiger partial charge < -0.3 is 14.7 Å². The molecule has 8 heteroatoms. The first-order chi connectivity index (χ1) is 13.7. The maximum absolute atomic E-state index is 10.6. The van der Waals surface area contributed by atoms with Gasteiger partial charge in [0.05, 0.1) is 14.2 Å². The summed E-state index contributed by atoms with van der Waals surface area (Å²) in [7, 11) is 3.20. The van der Waals surface area contributed by atoms with Crippen molar-refractivity contribution in [3.8, 4) is 11.5 Å². The lowest BCUT2D eigenvalue weighted by atomic mass is 10.1. The van der Waals surface area contributed by atoms with E-state index in [1.165, 1.54) is 0 Å². The molecule has 0 unspecified atom stereocenters. The molecule has 3 aromatic rings. The van der Waals surface area contributed by atoms with E-state index in [1.807, 2.05) is 54.6 Å². The van der Waals surface area contributed by atoms with Crippen LogP contribution in [0.3, 0.4) is 0 Å². The summed E-state index contributed by atoms with van der Waals surface area (Å²) in [6, 6.07) is 15.5. The molecule has 1 heterocycles. The highest BCUT2D eigenvalue weighted by atomic mass is 16.5. The van der Waals surface area contributed by atoms with Gasteiger partial charge in [0, 0.05) is 12.5 Å². The summed E-state index contributed by atoms with van der Waals surface area (Å²) in [6.07, 6.45) is 4.35. The van der Waals surface area contributed by atoms with Crippen LogP contribution in [0.5, 0.6) is 11.5 Å². The largest absolute Gasteiger partial charge is 0.775 e. The molecule has 28 heavy (non-hydrogen) atoms. The van der Waals surface area contributed by atoms with E-state index in [0.29, 0.717) is 30.2 Å². The van der Waals surface area contributed by atoms with Crippen molar-refractivity contribution in [1.29, 1.82) is 0 Å². The Balaban J connectivity index is 1.81. The number of benzene rings is 2. The van der Waals surface area contributed by atoms with Crippen molar-refractivity contribution in [2.45, 2.75) is 13.0 Å². The first-order valence-corrected chi connectivity index (χ1v) is 8.62. The van der Waals surface area contributed by atoms with Gasteiger partial charge in [-0.15, -0.1) is 5.11 Å². The van der Waals surface area contributed by atoms with Crippen molar-refractivity contribution < 1.29 is 18.7 Å². The van der Waals surface area contributed by atoms with E-state index < -0.39 is 0 Å². The number of ether oxygens (including phenoxy) is 2. The molecule has 0 saturated heterocycles. The minimum atomic E-state index is 0.0643. The molecule has 0 fully saturated rings. The monoisotopic (exact) mass is 380 g/mol. The third-order valence-electron chi connectivity index (χ3n) is 4.15. The van der Waals surface area contributed by atoms with Crippen molar-refractivity contribution in [1.82, 2.24) is 5.27 Å². The van der Waals surface area contributed by atoms with Gasteiger partial charge in [-0.3, -0.25) is 4.52 Å². The second-order valence-electron chi connectivity index (χ2n) is 5.85. The SMILES string of the molecule is COc1ccc(CC[n+]2noc(/N=N/[O-])c2/C=C/c2ccccc2)cc1OC. The zero-order chi connectivity index (χ0) is 19.8. The van der Waals surface area contributed by atoms with Crippen LogP contribution < -0.4 is 14.2 Å². The first kappa shape index (κ1) is 19.1. The fourth-order valence-corrected chi connectivity index (χ4v) is 2.72. The molecule has 0 saturated carbocycles. The topological polar surface area (TPSA) is 96.2 Å². The van der Waals surface area contributed by atoms with Crippen LogP contribution in [-0.4, -0.2) is 19.5 Å². The Bertz CT molecular complexity index is 968. The van der Waals surface area contributed by atoms with Gasteiger partial charge in [-0.25, -0.2) is 5.28 Å². The van der Waals surface area contributed by atoms with Gasteiger partial charge in [0.2, 0.25) is 5.27 Å². The van der Waals surface area contributed by atoms with Gasteiger partial charge in [0.25, 0.3) is 0 Å². The molecule has 8 nitrogen and oxygen atoms in total. The Morgan fingerprint density at radius 1 is 1.07 bits per heavy atom. The molecule has 144 valence electrons. The number of hydrogen-bond donors (Lipinski definition) is 0. The molecule has 0 spiro atoms. The molecule has 0 bridgehead atoms. The smallest absolute Gasteiger partial charge is 0.346 e. The molecule has 0 radical (unpaired) electrons. The van der Waals surface area contributed by atoms with Crippen LogP contribution in [0.4, 0.5) is 5.88 Å². The van der Waals surface area contributed by atoms with E-state index in [2.05, 4.69) is 15.7 Å². The summed E-state index contributed by atoms with van der Waals surface area (Å²) in [5, 5.41) is 20.6. The van der Waals surface area contributed by atoms with E-state index in [0.717, 1.165) is 11.1 Å². The number of hydrogen-bond acceptors (Lipinski definition) is 7. The van der Waals surface area contributed by atoms with Gasteiger partial charge in [-0.1, -0.05) is 36.4 Å². The maximum Gasteiger partial charge on any atom is 0.346 e. The second-order valence-corrected chi connectivity index (χ2v) is 5.85. The van der Waals surface area contributed by atoms with E-state index >= 15 is 0 Å². The van der Waals surface area contributed by atoms with E-state index in [-0.39, 0.29) is 5.88 Å². The second kappa shape index (κ2) is 9.31. The van der Waals surface area contributed by atoms with Crippen molar-refractivity contribution in [2.75, 3.05) is 14.2 Å². The summed E-state index contributed by atoms with van der Waals surface area (Å²) in [6.45, 7) is 0.516. The van der Waals surface area contributed by atoms with Crippen molar-refractivity contribution >= 4 is 18.0 Å². The number of aromatic nitrogens is 2. The molecule has 0 N–H and O–H groups in total. The molecule has 0 aliphatic heterocycles. The predicted molar refractivity (Wildman–Crippen MR) is 103 cm³/mol. The molecule has 3 rings (SSSR count). The van der Waals surface area contributed by atoms with Gasteiger partial charge in [0.1, 0.15) is 0 Å². The molecule has 2 aromatic carbocycles. The zero-order valence-corrected chi connectivity index (χ0v) is 15.6. The molecule has 0 aliphatic carbocycles. The highest BCUT2D eigenvalue weighted by Gasteiger charge is 2.22. The van der Waals surface area contributed by atoms with Crippen molar-refractivity contribution in [3.63, 3.8) is 0 Å². The minimum absolute atomic E-state index is 0.0643. The highest BCUT2D eigenvalue weighted by Crippen LogP contribution is 2.27. The molecule has 0 amide bonds. The Kier molecular flexibility index (Phi) is 6.35. The maximum atomic E-state index is 10.6. The van der Waals surface area contributed by atoms with Crippen LogP contribution >= 0.6 is 0 Å². The quantitative estimate of drug-likeness (QED) is 0.335. The Morgan fingerprint density at radius 2 is 1.86 bits per heavy atom. The number of methoxy groups -OCH3 is 2. The molecule has 0 aliphatic rings.